The Hall–Kier alpha value is -2.84. The molecule has 2 aromatic carbocycles. The summed E-state index contributed by atoms with van der Waals surface area (Å²) in [5.41, 5.74) is 3.04. The summed E-state index contributed by atoms with van der Waals surface area (Å²) in [5, 5.41) is 10.1. The summed E-state index contributed by atoms with van der Waals surface area (Å²) < 4.78 is 7.17. The number of hydrogen-bond acceptors (Lipinski definition) is 4. The third-order valence-corrected chi connectivity index (χ3v) is 5.10. The quantitative estimate of drug-likeness (QED) is 0.527. The second-order valence-corrected chi connectivity index (χ2v) is 6.98. The van der Waals surface area contributed by atoms with E-state index in [1.807, 2.05) is 41.8 Å². The molecule has 0 fully saturated rings. The summed E-state index contributed by atoms with van der Waals surface area (Å²) in [7, 11) is 0. The average Bonchev–Trinajstić information content (AvgIpc) is 3.04. The summed E-state index contributed by atoms with van der Waals surface area (Å²) in [6.07, 6.45) is 1.29. The number of benzene rings is 2. The summed E-state index contributed by atoms with van der Waals surface area (Å²) in [4.78, 5) is 16.9. The zero-order valence-corrected chi connectivity index (χ0v) is 16.7. The van der Waals surface area contributed by atoms with Gasteiger partial charge in [-0.1, -0.05) is 36.7 Å². The molecule has 1 heterocycles. The molecule has 5 nitrogen and oxygen atoms in total. The molecule has 0 aliphatic heterocycles. The third-order valence-electron chi connectivity index (χ3n) is 4.73. The van der Waals surface area contributed by atoms with Crippen molar-refractivity contribution >= 4 is 28.6 Å². The Bertz CT molecular complexity index is 1040. The van der Waals surface area contributed by atoms with Gasteiger partial charge in [-0.3, -0.25) is 0 Å². The van der Waals surface area contributed by atoms with Gasteiger partial charge in [-0.2, -0.15) is 5.26 Å². The minimum absolute atomic E-state index is 0.119. The predicted octanol–water partition coefficient (Wildman–Crippen LogP) is 5.01. The lowest BCUT2D eigenvalue weighted by Gasteiger charge is -2.12. The van der Waals surface area contributed by atoms with E-state index in [9.17, 15) is 10.1 Å². The molecule has 1 unspecified atom stereocenters. The van der Waals surface area contributed by atoms with E-state index in [-0.39, 0.29) is 11.9 Å². The molecule has 0 radical (unpaired) electrons. The first kappa shape index (κ1) is 19.9. The van der Waals surface area contributed by atoms with Crippen LogP contribution in [0.4, 0.5) is 0 Å². The van der Waals surface area contributed by atoms with Gasteiger partial charge in [0.05, 0.1) is 41.7 Å². The molecular weight excluding hydrogens is 374 g/mol. The fourth-order valence-electron chi connectivity index (χ4n) is 3.14. The van der Waals surface area contributed by atoms with Gasteiger partial charge in [0.25, 0.3) is 0 Å². The zero-order chi connectivity index (χ0) is 20.1. The number of carbonyl (C=O) groups excluding carboxylic acids is 1. The number of carbonyl (C=O) groups is 1. The van der Waals surface area contributed by atoms with E-state index < -0.39 is 0 Å². The molecule has 0 bridgehead atoms. The van der Waals surface area contributed by atoms with Crippen LogP contribution in [-0.4, -0.2) is 22.1 Å². The molecule has 0 aliphatic rings. The van der Waals surface area contributed by atoms with Crippen molar-refractivity contribution in [2.75, 3.05) is 6.61 Å². The number of imidazole rings is 1. The number of halogens is 1. The molecule has 144 valence electrons. The van der Waals surface area contributed by atoms with Gasteiger partial charge < -0.3 is 9.30 Å². The Morgan fingerprint density at radius 2 is 2.07 bits per heavy atom. The molecule has 6 heteroatoms. The number of aromatic nitrogens is 2. The van der Waals surface area contributed by atoms with Gasteiger partial charge in [-0.05, 0) is 43.2 Å². The molecule has 0 saturated heterocycles. The number of rotatable bonds is 7. The van der Waals surface area contributed by atoms with Crippen LogP contribution in [-0.2, 0) is 17.7 Å². The minimum atomic E-state index is -0.361. The normalized spacial score (nSPS) is 11.9. The van der Waals surface area contributed by atoms with Crippen molar-refractivity contribution in [1.29, 1.82) is 5.26 Å². The molecule has 1 aromatic heterocycles. The van der Waals surface area contributed by atoms with Gasteiger partial charge in [0.1, 0.15) is 5.82 Å². The Labute approximate surface area is 169 Å². The summed E-state index contributed by atoms with van der Waals surface area (Å²) in [5.74, 6) is 0.329. The number of hydrogen-bond donors (Lipinski definition) is 0. The van der Waals surface area contributed by atoms with E-state index in [1.165, 1.54) is 0 Å². The van der Waals surface area contributed by atoms with Crippen molar-refractivity contribution in [3.05, 3.63) is 64.4 Å². The van der Waals surface area contributed by atoms with E-state index in [0.717, 1.165) is 28.8 Å². The number of ether oxygens (including phenoxy) is 1. The molecule has 1 atom stereocenters. The van der Waals surface area contributed by atoms with Gasteiger partial charge in [0.15, 0.2) is 0 Å². The minimum Gasteiger partial charge on any atom is -0.462 e. The SMILES string of the molecule is CCOC(=O)c1ccc2nc(CC(C#N)CC)n(Cc3ccccc3Cl)c2c1. The van der Waals surface area contributed by atoms with E-state index in [2.05, 4.69) is 6.07 Å². The van der Waals surface area contributed by atoms with Gasteiger partial charge in [-0.15, -0.1) is 0 Å². The van der Waals surface area contributed by atoms with E-state index in [1.54, 1.807) is 19.1 Å². The molecule has 0 spiro atoms. The predicted molar refractivity (Wildman–Crippen MR) is 109 cm³/mol. The zero-order valence-electron chi connectivity index (χ0n) is 16.0. The average molecular weight is 396 g/mol. The number of fused-ring (bicyclic) bond motifs is 1. The Morgan fingerprint density at radius 3 is 2.75 bits per heavy atom. The van der Waals surface area contributed by atoms with Gasteiger partial charge in [0.2, 0.25) is 0 Å². The maximum absolute atomic E-state index is 12.2. The molecule has 28 heavy (non-hydrogen) atoms. The first-order chi connectivity index (χ1) is 13.6. The molecular formula is C22H22ClN3O2. The van der Waals surface area contributed by atoms with Crippen molar-refractivity contribution in [3.63, 3.8) is 0 Å². The van der Waals surface area contributed by atoms with Crippen molar-refractivity contribution in [2.24, 2.45) is 5.92 Å². The largest absolute Gasteiger partial charge is 0.462 e. The van der Waals surface area contributed by atoms with Crippen molar-refractivity contribution in [3.8, 4) is 6.07 Å². The van der Waals surface area contributed by atoms with Crippen LogP contribution >= 0.6 is 11.6 Å². The Morgan fingerprint density at radius 1 is 1.29 bits per heavy atom. The van der Waals surface area contributed by atoms with Crippen LogP contribution in [0.5, 0.6) is 0 Å². The standard InChI is InChI=1S/C22H22ClN3O2/c1-3-15(13-24)11-21-25-19-10-9-16(22(27)28-4-2)12-20(19)26(21)14-17-7-5-6-8-18(17)23/h5-10,12,15H,3-4,11,14H2,1-2H3. The Balaban J connectivity index is 2.11. The number of esters is 1. The summed E-state index contributed by atoms with van der Waals surface area (Å²) in [6.45, 7) is 4.61. The summed E-state index contributed by atoms with van der Waals surface area (Å²) >= 11 is 6.37. The van der Waals surface area contributed by atoms with Crippen LogP contribution in [0.25, 0.3) is 11.0 Å². The smallest absolute Gasteiger partial charge is 0.338 e. The maximum Gasteiger partial charge on any atom is 0.338 e. The first-order valence-electron chi connectivity index (χ1n) is 9.36. The topological polar surface area (TPSA) is 67.9 Å². The fraction of sp³-hybridized carbons (Fsp3) is 0.318. The van der Waals surface area contributed by atoms with Crippen molar-refractivity contribution in [1.82, 2.24) is 9.55 Å². The van der Waals surface area contributed by atoms with Crippen LogP contribution in [0.15, 0.2) is 42.5 Å². The molecule has 0 amide bonds. The molecule has 0 saturated carbocycles. The van der Waals surface area contributed by atoms with E-state index >= 15 is 0 Å². The lowest BCUT2D eigenvalue weighted by Crippen LogP contribution is -2.10. The highest BCUT2D eigenvalue weighted by Crippen LogP contribution is 2.25. The lowest BCUT2D eigenvalue weighted by molar-refractivity contribution is 0.0526. The van der Waals surface area contributed by atoms with Crippen LogP contribution in [0, 0.1) is 17.2 Å². The van der Waals surface area contributed by atoms with Crippen molar-refractivity contribution in [2.45, 2.75) is 33.2 Å². The highest BCUT2D eigenvalue weighted by Gasteiger charge is 2.18. The van der Waals surface area contributed by atoms with E-state index in [4.69, 9.17) is 21.3 Å². The highest BCUT2D eigenvalue weighted by atomic mass is 35.5. The third kappa shape index (κ3) is 4.18. The van der Waals surface area contributed by atoms with E-state index in [0.29, 0.717) is 30.2 Å². The van der Waals surface area contributed by atoms with Gasteiger partial charge in [-0.25, -0.2) is 9.78 Å². The van der Waals surface area contributed by atoms with Gasteiger partial charge >= 0.3 is 5.97 Å². The van der Waals surface area contributed by atoms with Crippen LogP contribution < -0.4 is 0 Å². The molecule has 3 rings (SSSR count). The second-order valence-electron chi connectivity index (χ2n) is 6.57. The van der Waals surface area contributed by atoms with Gasteiger partial charge in [0, 0.05) is 11.4 Å². The van der Waals surface area contributed by atoms with Crippen LogP contribution in [0.2, 0.25) is 5.02 Å². The second kappa shape index (κ2) is 8.90. The maximum atomic E-state index is 12.2. The van der Waals surface area contributed by atoms with Crippen molar-refractivity contribution < 1.29 is 9.53 Å². The monoisotopic (exact) mass is 395 g/mol. The number of nitrogens with zero attached hydrogens (tertiary/aromatic N) is 3. The molecule has 3 aromatic rings. The Kier molecular flexibility index (Phi) is 6.33. The first-order valence-corrected chi connectivity index (χ1v) is 9.74. The molecule has 0 aliphatic carbocycles. The lowest BCUT2D eigenvalue weighted by atomic mass is 10.0. The number of nitriles is 1. The fourth-order valence-corrected chi connectivity index (χ4v) is 3.34. The molecule has 0 N–H and O–H groups in total. The van der Waals surface area contributed by atoms with Crippen LogP contribution in [0.1, 0.15) is 42.0 Å². The summed E-state index contributed by atoms with van der Waals surface area (Å²) in [6, 6.07) is 15.3. The highest BCUT2D eigenvalue weighted by molar-refractivity contribution is 6.31. The van der Waals surface area contributed by atoms with Crippen LogP contribution in [0.3, 0.4) is 0 Å².